The fourth-order valence-electron chi connectivity index (χ4n) is 7.49. The molecule has 0 bridgehead atoms. The highest BCUT2D eigenvalue weighted by Crippen LogP contribution is 2.59. The Bertz CT molecular complexity index is 451. The van der Waals surface area contributed by atoms with Crippen LogP contribution >= 0.6 is 0 Å². The highest BCUT2D eigenvalue weighted by Gasteiger charge is 2.48. The third kappa shape index (κ3) is 4.74. The Morgan fingerprint density at radius 3 is 2.07 bits per heavy atom. The van der Waals surface area contributed by atoms with Crippen LogP contribution in [0.25, 0.3) is 0 Å². The Balaban J connectivity index is 1.02. The molecule has 0 amide bonds. The predicted molar refractivity (Wildman–Crippen MR) is 112 cm³/mol. The first-order valence-electron chi connectivity index (χ1n) is 12.2. The Morgan fingerprint density at radius 1 is 0.741 bits per heavy atom. The molecule has 156 valence electrons. The zero-order chi connectivity index (χ0) is 18.7. The summed E-state index contributed by atoms with van der Waals surface area (Å²) in [5.41, 5.74) is 1.50. The van der Waals surface area contributed by atoms with Crippen molar-refractivity contribution in [2.45, 2.75) is 96.8 Å². The van der Waals surface area contributed by atoms with E-state index in [-0.39, 0.29) is 0 Å². The lowest BCUT2D eigenvalue weighted by atomic mass is 9.54. The number of rotatable bonds is 9. The second-order valence-corrected chi connectivity index (χ2v) is 11.2. The van der Waals surface area contributed by atoms with Gasteiger partial charge in [-0.1, -0.05) is 13.3 Å². The molecule has 4 saturated carbocycles. The van der Waals surface area contributed by atoms with Crippen LogP contribution in [0, 0.1) is 34.5 Å². The maximum absolute atomic E-state index is 6.12. The molecule has 0 aromatic carbocycles. The van der Waals surface area contributed by atoms with Gasteiger partial charge in [0, 0.05) is 26.9 Å². The van der Waals surface area contributed by atoms with Gasteiger partial charge in [-0.3, -0.25) is 0 Å². The number of hydrogen-bond acceptors (Lipinski definition) is 2. The molecule has 27 heavy (non-hydrogen) atoms. The van der Waals surface area contributed by atoms with E-state index in [0.29, 0.717) is 0 Å². The predicted octanol–water partition coefficient (Wildman–Crippen LogP) is 6.62. The second-order valence-electron chi connectivity index (χ2n) is 11.2. The number of methoxy groups -OCH3 is 1. The molecule has 0 heterocycles. The molecule has 0 N–H and O–H groups in total. The zero-order valence-corrected chi connectivity index (χ0v) is 18.1. The highest BCUT2D eigenvalue weighted by atomic mass is 16.5. The van der Waals surface area contributed by atoms with Gasteiger partial charge in [-0.05, 0) is 118 Å². The van der Waals surface area contributed by atoms with E-state index in [0.717, 1.165) is 54.3 Å². The first-order chi connectivity index (χ1) is 13.1. The maximum atomic E-state index is 6.12. The van der Waals surface area contributed by atoms with Gasteiger partial charge in [0.2, 0.25) is 0 Å². The molecule has 2 heteroatoms. The highest BCUT2D eigenvalue weighted by molar-refractivity contribution is 4.99. The third-order valence-electron chi connectivity index (χ3n) is 9.09. The van der Waals surface area contributed by atoms with Gasteiger partial charge in [0.15, 0.2) is 0 Å². The van der Waals surface area contributed by atoms with Crippen molar-refractivity contribution in [2.24, 2.45) is 34.5 Å². The van der Waals surface area contributed by atoms with Crippen LogP contribution in [0.3, 0.4) is 0 Å². The van der Waals surface area contributed by atoms with Gasteiger partial charge in [0.25, 0.3) is 0 Å². The lowest BCUT2D eigenvalue weighted by Crippen LogP contribution is -2.40. The van der Waals surface area contributed by atoms with Crippen molar-refractivity contribution < 1.29 is 9.47 Å². The standard InChI is InChI=1S/C25H44O2/c1-3-20-13-25(14-20)11-8-23(17-25)19-27-12-4-5-22-15-24(16-22)9-6-21(7-10-24)18-26-2/h20-23H,3-19H2,1-2H3. The number of ether oxygens (including phenoxy) is 2. The molecule has 4 fully saturated rings. The van der Waals surface area contributed by atoms with Gasteiger partial charge in [-0.15, -0.1) is 0 Å². The Morgan fingerprint density at radius 2 is 1.37 bits per heavy atom. The number of hydrogen-bond donors (Lipinski definition) is 0. The molecule has 0 aromatic rings. The van der Waals surface area contributed by atoms with E-state index in [4.69, 9.17) is 9.47 Å². The van der Waals surface area contributed by atoms with Crippen LogP contribution < -0.4 is 0 Å². The van der Waals surface area contributed by atoms with Gasteiger partial charge >= 0.3 is 0 Å². The molecule has 0 saturated heterocycles. The van der Waals surface area contributed by atoms with Gasteiger partial charge in [0.1, 0.15) is 0 Å². The SMILES string of the molecule is CCC1CC2(CCC(COCCCC3CC4(CCC(COC)CC4)C3)C2)C1. The summed E-state index contributed by atoms with van der Waals surface area (Å²) in [6.07, 6.45) is 20.3. The average Bonchev–Trinajstić information content (AvgIpc) is 3.05. The summed E-state index contributed by atoms with van der Waals surface area (Å²) in [5.74, 6) is 3.77. The molecule has 4 aliphatic carbocycles. The van der Waals surface area contributed by atoms with Crippen LogP contribution in [0.2, 0.25) is 0 Å². The monoisotopic (exact) mass is 376 g/mol. The van der Waals surface area contributed by atoms with Crippen LogP contribution in [-0.4, -0.2) is 26.9 Å². The fourth-order valence-corrected chi connectivity index (χ4v) is 7.49. The summed E-state index contributed by atoms with van der Waals surface area (Å²) < 4.78 is 11.5. The lowest BCUT2D eigenvalue weighted by Gasteiger charge is -2.52. The van der Waals surface area contributed by atoms with Crippen LogP contribution in [-0.2, 0) is 9.47 Å². The summed E-state index contributed by atoms with van der Waals surface area (Å²) in [4.78, 5) is 0. The van der Waals surface area contributed by atoms with Crippen molar-refractivity contribution in [1.29, 1.82) is 0 Å². The molecule has 4 aliphatic rings. The molecule has 0 aromatic heterocycles. The normalized spacial score (nSPS) is 43.8. The van der Waals surface area contributed by atoms with E-state index in [1.807, 2.05) is 7.11 Å². The first kappa shape index (κ1) is 20.2. The smallest absolute Gasteiger partial charge is 0.0494 e. The molecule has 1 unspecified atom stereocenters. The van der Waals surface area contributed by atoms with Gasteiger partial charge in [-0.2, -0.15) is 0 Å². The van der Waals surface area contributed by atoms with Crippen molar-refractivity contribution in [2.75, 3.05) is 26.9 Å². The molecule has 4 rings (SSSR count). The van der Waals surface area contributed by atoms with E-state index < -0.39 is 0 Å². The van der Waals surface area contributed by atoms with Crippen LogP contribution in [0.4, 0.5) is 0 Å². The maximum Gasteiger partial charge on any atom is 0.0494 e. The van der Waals surface area contributed by atoms with Crippen LogP contribution in [0.15, 0.2) is 0 Å². The average molecular weight is 377 g/mol. The Kier molecular flexibility index (Phi) is 6.54. The molecule has 0 radical (unpaired) electrons. The molecule has 2 spiro atoms. The van der Waals surface area contributed by atoms with Crippen LogP contribution in [0.1, 0.15) is 96.8 Å². The van der Waals surface area contributed by atoms with E-state index in [2.05, 4.69) is 6.92 Å². The van der Waals surface area contributed by atoms with Crippen molar-refractivity contribution >= 4 is 0 Å². The van der Waals surface area contributed by atoms with E-state index in [9.17, 15) is 0 Å². The summed E-state index contributed by atoms with van der Waals surface area (Å²) >= 11 is 0. The lowest BCUT2D eigenvalue weighted by molar-refractivity contribution is -0.0190. The first-order valence-corrected chi connectivity index (χ1v) is 12.2. The zero-order valence-electron chi connectivity index (χ0n) is 18.1. The Labute approximate surface area is 168 Å². The molecule has 0 aliphatic heterocycles. The fraction of sp³-hybridized carbons (Fsp3) is 1.00. The van der Waals surface area contributed by atoms with Crippen molar-refractivity contribution in [1.82, 2.24) is 0 Å². The van der Waals surface area contributed by atoms with E-state index in [1.165, 1.54) is 89.9 Å². The quantitative estimate of drug-likeness (QED) is 0.421. The summed E-state index contributed by atoms with van der Waals surface area (Å²) in [6, 6.07) is 0. The molecular formula is C25H44O2. The van der Waals surface area contributed by atoms with Crippen molar-refractivity contribution in [3.63, 3.8) is 0 Å². The van der Waals surface area contributed by atoms with Gasteiger partial charge < -0.3 is 9.47 Å². The minimum atomic E-state index is 0.743. The van der Waals surface area contributed by atoms with Crippen LogP contribution in [0.5, 0.6) is 0 Å². The molecule has 2 nitrogen and oxygen atoms in total. The Hall–Kier alpha value is -0.0800. The minimum Gasteiger partial charge on any atom is -0.384 e. The molecular weight excluding hydrogens is 332 g/mol. The van der Waals surface area contributed by atoms with Gasteiger partial charge in [0.05, 0.1) is 0 Å². The third-order valence-corrected chi connectivity index (χ3v) is 9.09. The summed E-state index contributed by atoms with van der Waals surface area (Å²) in [5, 5.41) is 0. The summed E-state index contributed by atoms with van der Waals surface area (Å²) in [6.45, 7) is 5.41. The van der Waals surface area contributed by atoms with E-state index >= 15 is 0 Å². The van der Waals surface area contributed by atoms with Crippen molar-refractivity contribution in [3.8, 4) is 0 Å². The largest absolute Gasteiger partial charge is 0.384 e. The van der Waals surface area contributed by atoms with Gasteiger partial charge in [-0.25, -0.2) is 0 Å². The topological polar surface area (TPSA) is 18.5 Å². The second kappa shape index (κ2) is 8.74. The van der Waals surface area contributed by atoms with Crippen molar-refractivity contribution in [3.05, 3.63) is 0 Å². The summed E-state index contributed by atoms with van der Waals surface area (Å²) in [7, 11) is 1.85. The van der Waals surface area contributed by atoms with E-state index in [1.54, 1.807) is 0 Å². The minimum absolute atomic E-state index is 0.743. The molecule has 1 atom stereocenters.